The maximum Gasteiger partial charge on any atom is 0.253 e. The van der Waals surface area contributed by atoms with Gasteiger partial charge in [0.2, 0.25) is 5.91 Å². The van der Waals surface area contributed by atoms with Crippen LogP contribution in [-0.2, 0) is 4.79 Å². The SMILES string of the molecule is CCN(C)C(=O)CNC(=O)c1cncc(O)c1. The molecule has 1 aromatic rings. The molecule has 0 fully saturated rings. The summed E-state index contributed by atoms with van der Waals surface area (Å²) in [6.45, 7) is 2.36. The number of hydrogen-bond donors (Lipinski definition) is 2. The van der Waals surface area contributed by atoms with Crippen LogP contribution in [0.15, 0.2) is 18.5 Å². The molecule has 0 saturated carbocycles. The van der Waals surface area contributed by atoms with E-state index in [4.69, 9.17) is 5.11 Å². The van der Waals surface area contributed by atoms with Crippen molar-refractivity contribution in [3.63, 3.8) is 0 Å². The topological polar surface area (TPSA) is 82.5 Å². The second-order valence-corrected chi connectivity index (χ2v) is 3.52. The first kappa shape index (κ1) is 13.0. The van der Waals surface area contributed by atoms with Gasteiger partial charge in [-0.25, -0.2) is 0 Å². The predicted octanol–water partition coefficient (Wildman–Crippen LogP) is -0.00470. The van der Waals surface area contributed by atoms with Crippen LogP contribution < -0.4 is 5.32 Å². The van der Waals surface area contributed by atoms with Gasteiger partial charge in [-0.15, -0.1) is 0 Å². The lowest BCUT2D eigenvalue weighted by atomic mass is 10.2. The van der Waals surface area contributed by atoms with Crippen molar-refractivity contribution in [2.24, 2.45) is 0 Å². The molecule has 1 rings (SSSR count). The van der Waals surface area contributed by atoms with Crippen LogP contribution in [0.1, 0.15) is 17.3 Å². The Hall–Kier alpha value is -2.11. The zero-order valence-corrected chi connectivity index (χ0v) is 9.80. The minimum atomic E-state index is -0.439. The van der Waals surface area contributed by atoms with E-state index >= 15 is 0 Å². The van der Waals surface area contributed by atoms with Crippen LogP contribution in [0.5, 0.6) is 5.75 Å². The van der Waals surface area contributed by atoms with E-state index in [1.807, 2.05) is 6.92 Å². The number of aromatic nitrogens is 1. The normalized spacial score (nSPS) is 9.76. The number of nitrogens with zero attached hydrogens (tertiary/aromatic N) is 2. The van der Waals surface area contributed by atoms with Crippen LogP contribution in [0.25, 0.3) is 0 Å². The molecule has 0 aromatic carbocycles. The number of carbonyl (C=O) groups is 2. The third-order valence-electron chi connectivity index (χ3n) is 2.29. The molecule has 6 heteroatoms. The molecule has 0 saturated heterocycles. The van der Waals surface area contributed by atoms with Gasteiger partial charge in [0.15, 0.2) is 0 Å². The van der Waals surface area contributed by atoms with Crippen LogP contribution in [0, 0.1) is 0 Å². The maximum atomic E-state index is 11.6. The zero-order valence-electron chi connectivity index (χ0n) is 9.80. The Kier molecular flexibility index (Phi) is 4.45. The van der Waals surface area contributed by atoms with Gasteiger partial charge in [0.1, 0.15) is 5.75 Å². The van der Waals surface area contributed by atoms with Gasteiger partial charge >= 0.3 is 0 Å². The molecule has 6 nitrogen and oxygen atoms in total. The van der Waals surface area contributed by atoms with Crippen molar-refractivity contribution in [1.82, 2.24) is 15.2 Å². The Morgan fingerprint density at radius 3 is 2.76 bits per heavy atom. The van der Waals surface area contributed by atoms with Crippen LogP contribution >= 0.6 is 0 Å². The number of nitrogens with one attached hydrogen (secondary N) is 1. The van der Waals surface area contributed by atoms with Crippen molar-refractivity contribution in [2.45, 2.75) is 6.92 Å². The Morgan fingerprint density at radius 1 is 1.47 bits per heavy atom. The molecule has 0 radical (unpaired) electrons. The van der Waals surface area contributed by atoms with Gasteiger partial charge in [-0.3, -0.25) is 14.6 Å². The highest BCUT2D eigenvalue weighted by Gasteiger charge is 2.10. The number of likely N-dealkylation sites (N-methyl/N-ethyl adjacent to an activating group) is 1. The van der Waals surface area contributed by atoms with Crippen molar-refractivity contribution >= 4 is 11.8 Å². The smallest absolute Gasteiger partial charge is 0.253 e. The number of carbonyl (C=O) groups excluding carboxylic acids is 2. The Bertz CT molecular complexity index is 420. The summed E-state index contributed by atoms with van der Waals surface area (Å²) in [5, 5.41) is 11.6. The van der Waals surface area contributed by atoms with E-state index in [2.05, 4.69) is 10.3 Å². The predicted molar refractivity (Wildman–Crippen MR) is 61.5 cm³/mol. The van der Waals surface area contributed by atoms with E-state index < -0.39 is 5.91 Å². The molecule has 0 spiro atoms. The van der Waals surface area contributed by atoms with Crippen molar-refractivity contribution in [3.05, 3.63) is 24.0 Å². The van der Waals surface area contributed by atoms with E-state index in [0.717, 1.165) is 0 Å². The van der Waals surface area contributed by atoms with Gasteiger partial charge in [-0.1, -0.05) is 0 Å². The zero-order chi connectivity index (χ0) is 12.8. The molecule has 92 valence electrons. The summed E-state index contributed by atoms with van der Waals surface area (Å²) >= 11 is 0. The number of aromatic hydroxyl groups is 1. The lowest BCUT2D eigenvalue weighted by Gasteiger charge is -2.14. The number of rotatable bonds is 4. The molecule has 2 amide bonds. The molecular formula is C11H15N3O3. The highest BCUT2D eigenvalue weighted by Crippen LogP contribution is 2.07. The Balaban J connectivity index is 2.53. The highest BCUT2D eigenvalue weighted by atomic mass is 16.3. The molecule has 1 aromatic heterocycles. The summed E-state index contributed by atoms with van der Waals surface area (Å²) in [5.74, 6) is -0.699. The number of amides is 2. The second kappa shape index (κ2) is 5.83. The summed E-state index contributed by atoms with van der Waals surface area (Å²) in [6, 6.07) is 1.29. The fourth-order valence-electron chi connectivity index (χ4n) is 1.12. The summed E-state index contributed by atoms with van der Waals surface area (Å²) in [4.78, 5) is 28.2. The summed E-state index contributed by atoms with van der Waals surface area (Å²) in [7, 11) is 1.66. The molecule has 0 aliphatic heterocycles. The lowest BCUT2D eigenvalue weighted by Crippen LogP contribution is -2.38. The maximum absolute atomic E-state index is 11.6. The number of pyridine rings is 1. The van der Waals surface area contributed by atoms with Crippen molar-refractivity contribution in [2.75, 3.05) is 20.1 Å². The fraction of sp³-hybridized carbons (Fsp3) is 0.364. The molecule has 0 aliphatic carbocycles. The van der Waals surface area contributed by atoms with E-state index in [-0.39, 0.29) is 23.8 Å². The van der Waals surface area contributed by atoms with E-state index in [9.17, 15) is 9.59 Å². The van der Waals surface area contributed by atoms with Crippen LogP contribution in [0.2, 0.25) is 0 Å². The van der Waals surface area contributed by atoms with Gasteiger partial charge in [-0.05, 0) is 13.0 Å². The molecular weight excluding hydrogens is 222 g/mol. The summed E-state index contributed by atoms with van der Waals surface area (Å²) in [5.41, 5.74) is 0.219. The largest absolute Gasteiger partial charge is 0.506 e. The van der Waals surface area contributed by atoms with Crippen molar-refractivity contribution in [1.29, 1.82) is 0 Å². The lowest BCUT2D eigenvalue weighted by molar-refractivity contribution is -0.128. The molecule has 0 bridgehead atoms. The molecule has 0 aliphatic rings. The minimum Gasteiger partial charge on any atom is -0.506 e. The van der Waals surface area contributed by atoms with E-state index in [0.29, 0.717) is 6.54 Å². The standard InChI is InChI=1S/C11H15N3O3/c1-3-14(2)10(16)7-13-11(17)8-4-9(15)6-12-5-8/h4-6,15H,3,7H2,1-2H3,(H,13,17). The van der Waals surface area contributed by atoms with Crippen molar-refractivity contribution < 1.29 is 14.7 Å². The third-order valence-corrected chi connectivity index (χ3v) is 2.29. The van der Waals surface area contributed by atoms with Gasteiger partial charge in [0, 0.05) is 19.8 Å². The van der Waals surface area contributed by atoms with Gasteiger partial charge in [0.05, 0.1) is 18.3 Å². The van der Waals surface area contributed by atoms with Gasteiger partial charge < -0.3 is 15.3 Å². The van der Waals surface area contributed by atoms with Crippen LogP contribution in [0.3, 0.4) is 0 Å². The summed E-state index contributed by atoms with van der Waals surface area (Å²) < 4.78 is 0. The first-order valence-corrected chi connectivity index (χ1v) is 5.20. The van der Waals surface area contributed by atoms with Crippen LogP contribution in [0.4, 0.5) is 0 Å². The monoisotopic (exact) mass is 237 g/mol. The Morgan fingerprint density at radius 2 is 2.18 bits per heavy atom. The highest BCUT2D eigenvalue weighted by molar-refractivity contribution is 5.96. The van der Waals surface area contributed by atoms with Crippen LogP contribution in [-0.4, -0.2) is 46.9 Å². The van der Waals surface area contributed by atoms with Crippen molar-refractivity contribution in [3.8, 4) is 5.75 Å². The first-order chi connectivity index (χ1) is 8.04. The third kappa shape index (κ3) is 3.75. The minimum absolute atomic E-state index is 0.0706. The van der Waals surface area contributed by atoms with Gasteiger partial charge in [0.25, 0.3) is 5.91 Å². The van der Waals surface area contributed by atoms with E-state index in [1.165, 1.54) is 23.4 Å². The molecule has 0 atom stereocenters. The average Bonchev–Trinajstić information content (AvgIpc) is 2.34. The van der Waals surface area contributed by atoms with E-state index in [1.54, 1.807) is 7.05 Å². The fourth-order valence-corrected chi connectivity index (χ4v) is 1.12. The number of hydrogen-bond acceptors (Lipinski definition) is 4. The molecule has 0 unspecified atom stereocenters. The molecule has 1 heterocycles. The molecule has 2 N–H and O–H groups in total. The quantitative estimate of drug-likeness (QED) is 0.772. The first-order valence-electron chi connectivity index (χ1n) is 5.20. The average molecular weight is 237 g/mol. The Labute approximate surface area is 99.3 Å². The molecule has 17 heavy (non-hydrogen) atoms. The summed E-state index contributed by atoms with van der Waals surface area (Å²) in [6.07, 6.45) is 2.55. The van der Waals surface area contributed by atoms with Gasteiger partial charge in [-0.2, -0.15) is 0 Å². The second-order valence-electron chi connectivity index (χ2n) is 3.52.